The second-order valence-corrected chi connectivity index (χ2v) is 6.54. The number of fused-ring (bicyclic) bond motifs is 1. The van der Waals surface area contributed by atoms with Gasteiger partial charge in [0.25, 0.3) is 0 Å². The summed E-state index contributed by atoms with van der Waals surface area (Å²) in [6, 6.07) is 3.64. The summed E-state index contributed by atoms with van der Waals surface area (Å²) in [6.45, 7) is 5.77. The first-order valence-electron chi connectivity index (χ1n) is 7.50. The van der Waals surface area contributed by atoms with E-state index in [1.54, 1.807) is 0 Å². The Morgan fingerprint density at radius 2 is 1.95 bits per heavy atom. The summed E-state index contributed by atoms with van der Waals surface area (Å²) >= 11 is 0. The molecule has 20 heavy (non-hydrogen) atoms. The minimum atomic E-state index is -0.409. The predicted molar refractivity (Wildman–Crippen MR) is 78.7 cm³/mol. The zero-order valence-corrected chi connectivity index (χ0v) is 12.3. The van der Waals surface area contributed by atoms with Crippen molar-refractivity contribution in [2.45, 2.75) is 51.2 Å². The van der Waals surface area contributed by atoms with E-state index in [0.717, 1.165) is 31.5 Å². The average Bonchev–Trinajstić information content (AvgIpc) is 2.40. The highest BCUT2D eigenvalue weighted by Crippen LogP contribution is 2.43. The molecule has 0 bridgehead atoms. The number of benzene rings is 1. The van der Waals surface area contributed by atoms with E-state index in [1.807, 2.05) is 26.0 Å². The zero-order chi connectivity index (χ0) is 14.3. The summed E-state index contributed by atoms with van der Waals surface area (Å²) in [4.78, 5) is 2.12. The van der Waals surface area contributed by atoms with Crippen molar-refractivity contribution in [3.05, 3.63) is 23.5 Å². The number of hydrogen-bond donors (Lipinski definition) is 1. The molecule has 2 aliphatic heterocycles. The summed E-state index contributed by atoms with van der Waals surface area (Å²) in [5.74, 6) is 0.115. The second-order valence-electron chi connectivity index (χ2n) is 6.54. The lowest BCUT2D eigenvalue weighted by Crippen LogP contribution is -2.38. The summed E-state index contributed by atoms with van der Waals surface area (Å²) in [6.07, 6.45) is 4.20. The van der Waals surface area contributed by atoms with Gasteiger partial charge in [-0.2, -0.15) is 0 Å². The largest absolute Gasteiger partial charge is 0.484 e. The van der Waals surface area contributed by atoms with Crippen molar-refractivity contribution in [1.82, 2.24) is 0 Å². The molecular formula is C16H23FN2O. The van der Waals surface area contributed by atoms with E-state index in [2.05, 4.69) is 4.90 Å². The molecule has 1 aromatic rings. The minimum absolute atomic E-state index is 0.154. The Labute approximate surface area is 119 Å². The highest BCUT2D eigenvalue weighted by atomic mass is 19.1. The monoisotopic (exact) mass is 278 g/mol. The standard InChI is InChI=1S/C16H23FN2O/c1-16(2)10-12(18)11-6-7-13(14(17)15(11)20-16)19-8-4-3-5-9-19/h6-7,12H,3-5,8-10,18H2,1-2H3. The van der Waals surface area contributed by atoms with Crippen molar-refractivity contribution in [2.24, 2.45) is 5.73 Å². The topological polar surface area (TPSA) is 38.5 Å². The van der Waals surface area contributed by atoms with Crippen LogP contribution in [0, 0.1) is 5.82 Å². The number of hydrogen-bond acceptors (Lipinski definition) is 3. The Morgan fingerprint density at radius 1 is 1.25 bits per heavy atom. The molecule has 0 aliphatic carbocycles. The summed E-state index contributed by atoms with van der Waals surface area (Å²) in [5, 5.41) is 0. The average molecular weight is 278 g/mol. The first-order valence-corrected chi connectivity index (χ1v) is 7.50. The van der Waals surface area contributed by atoms with Crippen LogP contribution in [0.2, 0.25) is 0 Å². The number of piperidine rings is 1. The van der Waals surface area contributed by atoms with Gasteiger partial charge in [-0.15, -0.1) is 0 Å². The van der Waals surface area contributed by atoms with Gasteiger partial charge in [0.05, 0.1) is 5.69 Å². The second kappa shape index (κ2) is 4.92. The maximum Gasteiger partial charge on any atom is 0.188 e. The van der Waals surface area contributed by atoms with Gasteiger partial charge in [0.1, 0.15) is 5.60 Å². The van der Waals surface area contributed by atoms with Crippen molar-refractivity contribution in [3.63, 3.8) is 0 Å². The Hall–Kier alpha value is -1.29. The number of nitrogens with zero attached hydrogens (tertiary/aromatic N) is 1. The molecule has 2 aliphatic rings. The maximum atomic E-state index is 14.8. The van der Waals surface area contributed by atoms with Crippen LogP contribution in [0.15, 0.2) is 12.1 Å². The van der Waals surface area contributed by atoms with E-state index in [4.69, 9.17) is 10.5 Å². The van der Waals surface area contributed by atoms with Crippen molar-refractivity contribution in [1.29, 1.82) is 0 Å². The molecule has 110 valence electrons. The molecule has 0 aromatic heterocycles. The van der Waals surface area contributed by atoms with E-state index in [9.17, 15) is 4.39 Å². The van der Waals surface area contributed by atoms with E-state index < -0.39 is 5.60 Å². The van der Waals surface area contributed by atoms with Gasteiger partial charge >= 0.3 is 0 Å². The van der Waals surface area contributed by atoms with E-state index in [-0.39, 0.29) is 11.9 Å². The van der Waals surface area contributed by atoms with Gasteiger partial charge in [0.15, 0.2) is 11.6 Å². The number of anilines is 1. The van der Waals surface area contributed by atoms with Crippen LogP contribution in [-0.2, 0) is 0 Å². The quantitative estimate of drug-likeness (QED) is 0.856. The van der Waals surface area contributed by atoms with Gasteiger partial charge in [0, 0.05) is 31.1 Å². The van der Waals surface area contributed by atoms with Crippen molar-refractivity contribution < 1.29 is 9.13 Å². The molecule has 3 nitrogen and oxygen atoms in total. The van der Waals surface area contributed by atoms with Crippen LogP contribution in [0.3, 0.4) is 0 Å². The third-order valence-electron chi connectivity index (χ3n) is 4.29. The molecule has 0 radical (unpaired) electrons. The highest BCUT2D eigenvalue weighted by molar-refractivity contribution is 5.57. The normalized spacial score (nSPS) is 25.0. The molecule has 1 fully saturated rings. The summed E-state index contributed by atoms with van der Waals surface area (Å²) in [5.41, 5.74) is 7.20. The van der Waals surface area contributed by atoms with Crippen LogP contribution in [0.1, 0.15) is 51.1 Å². The Bertz CT molecular complexity index is 509. The molecule has 1 atom stereocenters. The third kappa shape index (κ3) is 2.37. The number of halogens is 1. The number of nitrogens with two attached hydrogens (primary N) is 1. The number of rotatable bonds is 1. The molecule has 2 heterocycles. The predicted octanol–water partition coefficient (Wildman–Crippen LogP) is 3.38. The van der Waals surface area contributed by atoms with Gasteiger partial charge in [-0.1, -0.05) is 6.07 Å². The van der Waals surface area contributed by atoms with Crippen molar-refractivity contribution in [2.75, 3.05) is 18.0 Å². The molecule has 0 spiro atoms. The number of ether oxygens (including phenoxy) is 1. The van der Waals surface area contributed by atoms with Gasteiger partial charge in [-0.05, 0) is 39.2 Å². The van der Waals surface area contributed by atoms with Gasteiger partial charge in [-0.25, -0.2) is 4.39 Å². The smallest absolute Gasteiger partial charge is 0.188 e. The first kappa shape index (κ1) is 13.7. The fourth-order valence-corrected chi connectivity index (χ4v) is 3.29. The Morgan fingerprint density at radius 3 is 2.65 bits per heavy atom. The van der Waals surface area contributed by atoms with E-state index in [0.29, 0.717) is 17.9 Å². The van der Waals surface area contributed by atoms with Crippen molar-refractivity contribution >= 4 is 5.69 Å². The highest BCUT2D eigenvalue weighted by Gasteiger charge is 2.35. The van der Waals surface area contributed by atoms with Gasteiger partial charge in [-0.3, -0.25) is 0 Å². The summed E-state index contributed by atoms with van der Waals surface area (Å²) in [7, 11) is 0. The lowest BCUT2D eigenvalue weighted by atomic mass is 9.90. The lowest BCUT2D eigenvalue weighted by molar-refractivity contribution is 0.0675. The van der Waals surface area contributed by atoms with Crippen LogP contribution in [0.5, 0.6) is 5.75 Å². The van der Waals surface area contributed by atoms with Crippen LogP contribution >= 0.6 is 0 Å². The van der Waals surface area contributed by atoms with Crippen LogP contribution in [-0.4, -0.2) is 18.7 Å². The van der Waals surface area contributed by atoms with Crippen molar-refractivity contribution in [3.8, 4) is 5.75 Å². The fourth-order valence-electron chi connectivity index (χ4n) is 3.29. The lowest BCUT2D eigenvalue weighted by Gasteiger charge is -2.37. The van der Waals surface area contributed by atoms with E-state index in [1.165, 1.54) is 6.42 Å². The molecule has 0 amide bonds. The fraction of sp³-hybridized carbons (Fsp3) is 0.625. The zero-order valence-electron chi connectivity index (χ0n) is 12.3. The minimum Gasteiger partial charge on any atom is -0.484 e. The molecule has 2 N–H and O–H groups in total. The van der Waals surface area contributed by atoms with Crippen LogP contribution in [0.25, 0.3) is 0 Å². The molecule has 1 unspecified atom stereocenters. The first-order chi connectivity index (χ1) is 9.48. The van der Waals surface area contributed by atoms with Crippen LogP contribution in [0.4, 0.5) is 10.1 Å². The molecule has 3 rings (SSSR count). The SMILES string of the molecule is CC1(C)CC(N)c2ccc(N3CCCCC3)c(F)c2O1. The molecule has 1 aromatic carbocycles. The Kier molecular flexibility index (Phi) is 3.36. The maximum absolute atomic E-state index is 14.8. The van der Waals surface area contributed by atoms with Crippen LogP contribution < -0.4 is 15.4 Å². The van der Waals surface area contributed by atoms with E-state index >= 15 is 0 Å². The molecular weight excluding hydrogens is 255 g/mol. The Balaban J connectivity index is 1.99. The van der Waals surface area contributed by atoms with Gasteiger partial charge in [0.2, 0.25) is 0 Å². The summed E-state index contributed by atoms with van der Waals surface area (Å²) < 4.78 is 20.7. The third-order valence-corrected chi connectivity index (χ3v) is 4.29. The molecule has 0 saturated carbocycles. The van der Waals surface area contributed by atoms with Gasteiger partial charge < -0.3 is 15.4 Å². The molecule has 1 saturated heterocycles. The molecule has 4 heteroatoms.